The van der Waals surface area contributed by atoms with Crippen LogP contribution in [0.3, 0.4) is 0 Å². The van der Waals surface area contributed by atoms with E-state index in [1.165, 1.54) is 12.8 Å². The van der Waals surface area contributed by atoms with E-state index in [1.807, 2.05) is 0 Å². The summed E-state index contributed by atoms with van der Waals surface area (Å²) >= 11 is 0. The maximum atomic E-state index is 10.9. The van der Waals surface area contributed by atoms with E-state index >= 15 is 0 Å². The molecule has 0 spiro atoms. The van der Waals surface area contributed by atoms with E-state index in [0.717, 1.165) is 19.5 Å². The molecule has 69 valence electrons. The van der Waals surface area contributed by atoms with E-state index in [-0.39, 0.29) is 5.91 Å². The maximum absolute atomic E-state index is 10.9. The number of nitrogens with one attached hydrogen (secondary N) is 2. The van der Waals surface area contributed by atoms with E-state index < -0.39 is 0 Å². The normalized spacial score (nSPS) is 23.6. The molecular formula is C9H17N2O. The van der Waals surface area contributed by atoms with Crippen LogP contribution in [-0.4, -0.2) is 19.0 Å². The quantitative estimate of drug-likeness (QED) is 0.652. The van der Waals surface area contributed by atoms with Crippen LogP contribution in [0.25, 0.3) is 0 Å². The summed E-state index contributed by atoms with van der Waals surface area (Å²) in [6, 6.07) is 0. The summed E-state index contributed by atoms with van der Waals surface area (Å²) in [5, 5.41) is 5.72. The third kappa shape index (κ3) is 3.22. The first-order chi connectivity index (χ1) is 5.83. The van der Waals surface area contributed by atoms with E-state index in [4.69, 9.17) is 0 Å². The van der Waals surface area contributed by atoms with Crippen molar-refractivity contribution in [3.05, 3.63) is 7.05 Å². The Morgan fingerprint density at radius 3 is 3.08 bits per heavy atom. The number of hydrogen-bond acceptors (Lipinski definition) is 2. The average molecular weight is 169 g/mol. The maximum Gasteiger partial charge on any atom is 0.220 e. The summed E-state index contributed by atoms with van der Waals surface area (Å²) < 4.78 is 0. The van der Waals surface area contributed by atoms with Crippen molar-refractivity contribution in [1.82, 2.24) is 10.6 Å². The zero-order valence-corrected chi connectivity index (χ0v) is 7.44. The van der Waals surface area contributed by atoms with Gasteiger partial charge in [0.1, 0.15) is 0 Å². The molecule has 0 bridgehead atoms. The molecule has 2 N–H and O–H groups in total. The van der Waals surface area contributed by atoms with Gasteiger partial charge in [-0.25, -0.2) is 0 Å². The first-order valence-electron chi connectivity index (χ1n) is 4.59. The molecule has 0 aliphatic carbocycles. The van der Waals surface area contributed by atoms with Crippen molar-refractivity contribution in [2.75, 3.05) is 13.1 Å². The Balaban J connectivity index is 2.09. The molecule has 0 aromatic rings. The standard InChI is InChI=1S/C9H17N2O/c1-10-9(12)5-4-8-3-2-6-11-7-8/h8,11H,1-7H2,(H,10,12). The molecule has 0 aromatic carbocycles. The lowest BCUT2D eigenvalue weighted by Gasteiger charge is -2.22. The number of carbonyl (C=O) groups is 1. The van der Waals surface area contributed by atoms with Crippen LogP contribution in [0.1, 0.15) is 25.7 Å². The molecule has 12 heavy (non-hydrogen) atoms. The van der Waals surface area contributed by atoms with Gasteiger partial charge in [-0.05, 0) is 38.3 Å². The molecule has 1 atom stereocenters. The van der Waals surface area contributed by atoms with Gasteiger partial charge in [0.2, 0.25) is 5.91 Å². The second kappa shape index (κ2) is 5.14. The average Bonchev–Trinajstić information content (AvgIpc) is 2.16. The Labute approximate surface area is 73.9 Å². The highest BCUT2D eigenvalue weighted by Crippen LogP contribution is 2.15. The third-order valence-electron chi connectivity index (χ3n) is 2.38. The summed E-state index contributed by atoms with van der Waals surface area (Å²) in [5.74, 6) is 0.747. The fraction of sp³-hybridized carbons (Fsp3) is 0.778. The monoisotopic (exact) mass is 169 g/mol. The topological polar surface area (TPSA) is 41.1 Å². The predicted molar refractivity (Wildman–Crippen MR) is 48.3 cm³/mol. The predicted octanol–water partition coefficient (Wildman–Crippen LogP) is 0.674. The highest BCUT2D eigenvalue weighted by molar-refractivity contribution is 5.75. The Kier molecular flexibility index (Phi) is 4.08. The van der Waals surface area contributed by atoms with Crippen molar-refractivity contribution in [1.29, 1.82) is 0 Å². The van der Waals surface area contributed by atoms with Gasteiger partial charge in [-0.2, -0.15) is 0 Å². The summed E-state index contributed by atoms with van der Waals surface area (Å²) in [7, 11) is 3.33. The van der Waals surface area contributed by atoms with Crippen molar-refractivity contribution in [2.45, 2.75) is 25.7 Å². The molecule has 0 saturated carbocycles. The van der Waals surface area contributed by atoms with Gasteiger partial charge in [0.15, 0.2) is 0 Å². The minimum Gasteiger partial charge on any atom is -0.354 e. The molecule has 1 heterocycles. The number of carbonyl (C=O) groups excluding carboxylic acids is 1. The van der Waals surface area contributed by atoms with Gasteiger partial charge < -0.3 is 10.6 Å². The number of amides is 1. The van der Waals surface area contributed by atoms with Gasteiger partial charge >= 0.3 is 0 Å². The van der Waals surface area contributed by atoms with Crippen molar-refractivity contribution >= 4 is 5.91 Å². The minimum absolute atomic E-state index is 0.0561. The molecule has 1 fully saturated rings. The lowest BCUT2D eigenvalue weighted by Crippen LogP contribution is -2.30. The molecule has 3 nitrogen and oxygen atoms in total. The van der Waals surface area contributed by atoms with Crippen molar-refractivity contribution in [3.8, 4) is 0 Å². The lowest BCUT2D eigenvalue weighted by atomic mass is 9.95. The van der Waals surface area contributed by atoms with Crippen LogP contribution in [0.5, 0.6) is 0 Å². The first kappa shape index (κ1) is 9.52. The van der Waals surface area contributed by atoms with E-state index in [9.17, 15) is 4.79 Å². The van der Waals surface area contributed by atoms with Crippen LogP contribution in [0.2, 0.25) is 0 Å². The fourth-order valence-electron chi connectivity index (χ4n) is 1.59. The minimum atomic E-state index is 0.0561. The molecule has 3 heteroatoms. The lowest BCUT2D eigenvalue weighted by molar-refractivity contribution is -0.120. The van der Waals surface area contributed by atoms with Gasteiger partial charge in [-0.15, -0.1) is 0 Å². The van der Waals surface area contributed by atoms with Crippen LogP contribution in [0.15, 0.2) is 0 Å². The molecular weight excluding hydrogens is 152 g/mol. The third-order valence-corrected chi connectivity index (χ3v) is 2.38. The second-order valence-electron chi connectivity index (χ2n) is 3.35. The number of piperidine rings is 1. The van der Waals surface area contributed by atoms with Crippen molar-refractivity contribution in [2.24, 2.45) is 5.92 Å². The molecule has 1 rings (SSSR count). The molecule has 1 saturated heterocycles. The highest BCUT2D eigenvalue weighted by Gasteiger charge is 2.13. The van der Waals surface area contributed by atoms with Crippen LogP contribution in [0, 0.1) is 13.0 Å². The van der Waals surface area contributed by atoms with Gasteiger partial charge in [0.25, 0.3) is 0 Å². The zero-order valence-electron chi connectivity index (χ0n) is 7.44. The Bertz CT molecular complexity index is 141. The summed E-state index contributed by atoms with van der Waals surface area (Å²) in [6.07, 6.45) is 4.12. The van der Waals surface area contributed by atoms with Gasteiger partial charge in [0, 0.05) is 13.5 Å². The highest BCUT2D eigenvalue weighted by atomic mass is 16.1. The number of rotatable bonds is 3. The molecule has 1 radical (unpaired) electrons. The van der Waals surface area contributed by atoms with Crippen LogP contribution in [0.4, 0.5) is 0 Å². The van der Waals surface area contributed by atoms with Gasteiger partial charge in [-0.1, -0.05) is 0 Å². The van der Waals surface area contributed by atoms with Crippen molar-refractivity contribution < 1.29 is 4.79 Å². The van der Waals surface area contributed by atoms with E-state index in [1.54, 1.807) is 0 Å². The molecule has 1 aliphatic heterocycles. The second-order valence-corrected chi connectivity index (χ2v) is 3.35. The smallest absolute Gasteiger partial charge is 0.220 e. The van der Waals surface area contributed by atoms with Crippen LogP contribution < -0.4 is 10.6 Å². The Hall–Kier alpha value is -0.570. The largest absolute Gasteiger partial charge is 0.354 e. The van der Waals surface area contributed by atoms with Gasteiger partial charge in [0.05, 0.1) is 0 Å². The zero-order chi connectivity index (χ0) is 8.81. The van der Waals surface area contributed by atoms with E-state index in [2.05, 4.69) is 17.7 Å². The van der Waals surface area contributed by atoms with Crippen LogP contribution >= 0.6 is 0 Å². The van der Waals surface area contributed by atoms with Gasteiger partial charge in [-0.3, -0.25) is 4.79 Å². The van der Waals surface area contributed by atoms with Crippen LogP contribution in [-0.2, 0) is 4.79 Å². The summed E-state index contributed by atoms with van der Waals surface area (Å²) in [4.78, 5) is 10.9. The Morgan fingerprint density at radius 2 is 2.50 bits per heavy atom. The first-order valence-corrected chi connectivity index (χ1v) is 4.59. The molecule has 1 amide bonds. The summed E-state index contributed by atoms with van der Waals surface area (Å²) in [5.41, 5.74) is 0. The van der Waals surface area contributed by atoms with E-state index in [0.29, 0.717) is 12.3 Å². The number of hydrogen-bond donors (Lipinski definition) is 2. The fourth-order valence-corrected chi connectivity index (χ4v) is 1.59. The SMILES string of the molecule is [CH2]NC(=O)CCC1CCCNC1. The summed E-state index contributed by atoms with van der Waals surface area (Å²) in [6.45, 7) is 2.21. The van der Waals surface area contributed by atoms with Crippen molar-refractivity contribution in [3.63, 3.8) is 0 Å². The molecule has 1 aliphatic rings. The molecule has 1 unspecified atom stereocenters. The Morgan fingerprint density at radius 1 is 1.67 bits per heavy atom. The molecule has 0 aromatic heterocycles.